The van der Waals surface area contributed by atoms with Crippen LogP contribution in [0.5, 0.6) is 0 Å². The van der Waals surface area contributed by atoms with Crippen LogP contribution in [0.15, 0.2) is 49.2 Å². The molecule has 14 heavy (non-hydrogen) atoms. The van der Waals surface area contributed by atoms with E-state index < -0.39 is 0 Å². The van der Waals surface area contributed by atoms with Gasteiger partial charge in [0, 0.05) is 13.1 Å². The van der Waals surface area contributed by atoms with E-state index in [0.717, 1.165) is 19.5 Å². The van der Waals surface area contributed by atoms with Crippen molar-refractivity contribution in [3.05, 3.63) is 49.2 Å². The third-order valence-electron chi connectivity index (χ3n) is 2.27. The Labute approximate surface area is 87.1 Å². The van der Waals surface area contributed by atoms with E-state index in [-0.39, 0.29) is 0 Å². The Bertz CT molecular complexity index is 238. The van der Waals surface area contributed by atoms with Crippen molar-refractivity contribution < 1.29 is 0 Å². The summed E-state index contributed by atoms with van der Waals surface area (Å²) in [5, 5.41) is 0. The summed E-state index contributed by atoms with van der Waals surface area (Å²) in [7, 11) is 0. The lowest BCUT2D eigenvalue weighted by Gasteiger charge is -2.19. The van der Waals surface area contributed by atoms with Crippen LogP contribution in [0.2, 0.25) is 0 Å². The van der Waals surface area contributed by atoms with Crippen LogP contribution in [0.1, 0.15) is 19.3 Å². The van der Waals surface area contributed by atoms with Gasteiger partial charge in [0.05, 0.1) is 0 Å². The van der Waals surface area contributed by atoms with Gasteiger partial charge in [-0.25, -0.2) is 0 Å². The van der Waals surface area contributed by atoms with E-state index in [1.54, 1.807) is 0 Å². The number of hydrogen-bond acceptors (Lipinski definition) is 1. The van der Waals surface area contributed by atoms with E-state index in [0.29, 0.717) is 0 Å². The fraction of sp³-hybridized carbons (Fsp3) is 0.385. The van der Waals surface area contributed by atoms with E-state index in [1.807, 2.05) is 12.2 Å². The van der Waals surface area contributed by atoms with Gasteiger partial charge in [-0.1, -0.05) is 29.9 Å². The van der Waals surface area contributed by atoms with Crippen molar-refractivity contribution in [2.75, 3.05) is 13.1 Å². The topological polar surface area (TPSA) is 3.24 Å². The van der Waals surface area contributed by atoms with Gasteiger partial charge >= 0.3 is 0 Å². The average molecular weight is 189 g/mol. The fourth-order valence-corrected chi connectivity index (χ4v) is 1.61. The molecule has 1 nitrogen and oxygen atoms in total. The minimum absolute atomic E-state index is 0.902. The fourth-order valence-electron chi connectivity index (χ4n) is 1.61. The molecule has 0 amide bonds. The van der Waals surface area contributed by atoms with Gasteiger partial charge in [-0.15, -0.1) is 13.2 Å². The first kappa shape index (κ1) is 10.8. The zero-order valence-corrected chi connectivity index (χ0v) is 8.78. The summed E-state index contributed by atoms with van der Waals surface area (Å²) in [6.45, 7) is 9.32. The lowest BCUT2D eigenvalue weighted by atomic mass is 10.0. The van der Waals surface area contributed by atoms with Crippen LogP contribution in [0.25, 0.3) is 0 Å². The Hall–Kier alpha value is -1.24. The second-order valence-corrected chi connectivity index (χ2v) is 3.53. The molecule has 0 saturated heterocycles. The molecule has 0 N–H and O–H groups in total. The summed E-state index contributed by atoms with van der Waals surface area (Å²) in [4.78, 5) is 2.24. The summed E-state index contributed by atoms with van der Waals surface area (Å²) >= 11 is 0. The Morgan fingerprint density at radius 3 is 2.43 bits per heavy atom. The molecule has 0 aromatic rings. The monoisotopic (exact) mass is 189 g/mol. The third kappa shape index (κ3) is 3.65. The Kier molecular flexibility index (Phi) is 4.84. The molecule has 0 fully saturated rings. The number of rotatable bonds is 5. The van der Waals surface area contributed by atoms with E-state index >= 15 is 0 Å². The minimum atomic E-state index is 0.902. The second kappa shape index (κ2) is 6.25. The lowest BCUT2D eigenvalue weighted by molar-refractivity contribution is 0.455. The molecule has 1 aliphatic rings. The van der Waals surface area contributed by atoms with Crippen LogP contribution in [0, 0.1) is 0 Å². The number of hydrogen-bond donors (Lipinski definition) is 0. The largest absolute Gasteiger partial charge is 0.370 e. The molecule has 0 radical (unpaired) electrons. The van der Waals surface area contributed by atoms with Gasteiger partial charge in [-0.05, 0) is 25.5 Å². The molecule has 1 heteroatoms. The highest BCUT2D eigenvalue weighted by molar-refractivity contribution is 5.12. The van der Waals surface area contributed by atoms with E-state index in [4.69, 9.17) is 0 Å². The molecule has 0 heterocycles. The predicted molar refractivity (Wildman–Crippen MR) is 63.0 cm³/mol. The Morgan fingerprint density at radius 1 is 1.21 bits per heavy atom. The average Bonchev–Trinajstić information content (AvgIpc) is 2.20. The van der Waals surface area contributed by atoms with Crippen molar-refractivity contribution in [3.8, 4) is 0 Å². The number of allylic oxidation sites excluding steroid dienone is 3. The lowest BCUT2D eigenvalue weighted by Crippen LogP contribution is -2.18. The SMILES string of the molecule is C=CCN(C=C1CC=CCC1)CC=C. The summed E-state index contributed by atoms with van der Waals surface area (Å²) in [6.07, 6.45) is 14.1. The predicted octanol–water partition coefficient (Wildman–Crippen LogP) is 3.28. The summed E-state index contributed by atoms with van der Waals surface area (Å²) < 4.78 is 0. The highest BCUT2D eigenvalue weighted by atomic mass is 15.1. The van der Waals surface area contributed by atoms with Gasteiger partial charge < -0.3 is 4.90 Å². The Morgan fingerprint density at radius 2 is 1.93 bits per heavy atom. The standard InChI is InChI=1S/C13H19N/c1-3-10-14(11-4-2)12-13-8-6-5-7-9-13/h3-6,12H,1-2,7-11H2. The third-order valence-corrected chi connectivity index (χ3v) is 2.27. The molecule has 1 rings (SSSR count). The van der Waals surface area contributed by atoms with E-state index in [1.165, 1.54) is 18.4 Å². The molecule has 0 unspecified atom stereocenters. The normalized spacial score (nSPS) is 18.1. The highest BCUT2D eigenvalue weighted by Crippen LogP contribution is 2.17. The maximum absolute atomic E-state index is 3.76. The van der Waals surface area contributed by atoms with Gasteiger partial charge in [-0.3, -0.25) is 0 Å². The first-order chi connectivity index (χ1) is 6.86. The molecule has 1 aliphatic carbocycles. The molecular weight excluding hydrogens is 170 g/mol. The van der Waals surface area contributed by atoms with Gasteiger partial charge in [0.2, 0.25) is 0 Å². The van der Waals surface area contributed by atoms with Gasteiger partial charge in [0.25, 0.3) is 0 Å². The van der Waals surface area contributed by atoms with Crippen molar-refractivity contribution in [2.24, 2.45) is 0 Å². The minimum Gasteiger partial charge on any atom is -0.370 e. The van der Waals surface area contributed by atoms with Gasteiger partial charge in [0.15, 0.2) is 0 Å². The molecule has 0 aliphatic heterocycles. The molecule has 0 bridgehead atoms. The smallest absolute Gasteiger partial charge is 0.0354 e. The molecule has 0 aromatic carbocycles. The van der Waals surface area contributed by atoms with Crippen LogP contribution in [0.4, 0.5) is 0 Å². The maximum atomic E-state index is 3.76. The molecule has 0 spiro atoms. The van der Waals surface area contributed by atoms with Crippen LogP contribution in [0.3, 0.4) is 0 Å². The van der Waals surface area contributed by atoms with Crippen molar-refractivity contribution in [3.63, 3.8) is 0 Å². The summed E-state index contributed by atoms with van der Waals surface area (Å²) in [5.41, 5.74) is 1.51. The van der Waals surface area contributed by atoms with Gasteiger partial charge in [-0.2, -0.15) is 0 Å². The van der Waals surface area contributed by atoms with Crippen molar-refractivity contribution >= 4 is 0 Å². The molecule has 0 saturated carbocycles. The van der Waals surface area contributed by atoms with Gasteiger partial charge in [0.1, 0.15) is 0 Å². The summed E-state index contributed by atoms with van der Waals surface area (Å²) in [5.74, 6) is 0. The first-order valence-electron chi connectivity index (χ1n) is 5.17. The van der Waals surface area contributed by atoms with E-state index in [9.17, 15) is 0 Å². The van der Waals surface area contributed by atoms with Crippen molar-refractivity contribution in [1.29, 1.82) is 0 Å². The second-order valence-electron chi connectivity index (χ2n) is 3.53. The van der Waals surface area contributed by atoms with Crippen LogP contribution in [-0.2, 0) is 0 Å². The van der Waals surface area contributed by atoms with Crippen LogP contribution >= 0.6 is 0 Å². The quantitative estimate of drug-likeness (QED) is 0.600. The number of nitrogens with zero attached hydrogens (tertiary/aromatic N) is 1. The van der Waals surface area contributed by atoms with Crippen LogP contribution in [-0.4, -0.2) is 18.0 Å². The zero-order chi connectivity index (χ0) is 10.2. The zero-order valence-electron chi connectivity index (χ0n) is 8.78. The molecule has 0 atom stereocenters. The van der Waals surface area contributed by atoms with E-state index in [2.05, 4.69) is 36.4 Å². The van der Waals surface area contributed by atoms with Crippen molar-refractivity contribution in [1.82, 2.24) is 4.90 Å². The maximum Gasteiger partial charge on any atom is 0.0354 e. The Balaban J connectivity index is 2.54. The summed E-state index contributed by atoms with van der Waals surface area (Å²) in [6, 6.07) is 0. The molecule has 0 aromatic heterocycles. The van der Waals surface area contributed by atoms with Crippen LogP contribution < -0.4 is 0 Å². The molecular formula is C13H19N. The highest BCUT2D eigenvalue weighted by Gasteiger charge is 2.02. The first-order valence-corrected chi connectivity index (χ1v) is 5.17. The van der Waals surface area contributed by atoms with Crippen molar-refractivity contribution in [2.45, 2.75) is 19.3 Å². The molecule has 76 valence electrons.